The van der Waals surface area contributed by atoms with Crippen LogP contribution in [-0.4, -0.2) is 12.0 Å². The molecule has 78 valence electrons. The second kappa shape index (κ2) is 3.60. The van der Waals surface area contributed by atoms with E-state index in [1.54, 1.807) is 6.07 Å². The fourth-order valence-electron chi connectivity index (χ4n) is 1.78. The van der Waals surface area contributed by atoms with Gasteiger partial charge in [-0.2, -0.15) is 18.4 Å². The highest BCUT2D eigenvalue weighted by atomic mass is 19.4. The standard InChI is InChI=1S/C9H10F3NO/c10-9(11,12)5-8(6-13)4-2-1-3-7(8)14/h1-5H2. The zero-order valence-electron chi connectivity index (χ0n) is 7.52. The van der Waals surface area contributed by atoms with Crippen molar-refractivity contribution in [1.82, 2.24) is 0 Å². The number of hydrogen-bond donors (Lipinski definition) is 0. The molecule has 1 aliphatic carbocycles. The van der Waals surface area contributed by atoms with Gasteiger partial charge in [-0.05, 0) is 12.8 Å². The van der Waals surface area contributed by atoms with Gasteiger partial charge < -0.3 is 0 Å². The Balaban J connectivity index is 2.85. The lowest BCUT2D eigenvalue weighted by Gasteiger charge is -2.29. The van der Waals surface area contributed by atoms with Crippen molar-refractivity contribution in [3.63, 3.8) is 0 Å². The molecule has 0 bridgehead atoms. The molecule has 0 spiro atoms. The lowest BCUT2D eigenvalue weighted by atomic mass is 9.72. The summed E-state index contributed by atoms with van der Waals surface area (Å²) in [6.45, 7) is 0. The van der Waals surface area contributed by atoms with Crippen molar-refractivity contribution in [1.29, 1.82) is 5.26 Å². The summed E-state index contributed by atoms with van der Waals surface area (Å²) < 4.78 is 36.4. The van der Waals surface area contributed by atoms with Crippen LogP contribution in [0.15, 0.2) is 0 Å². The van der Waals surface area contributed by atoms with Crippen LogP contribution in [-0.2, 0) is 4.79 Å². The van der Waals surface area contributed by atoms with E-state index >= 15 is 0 Å². The van der Waals surface area contributed by atoms with Gasteiger partial charge in [0.2, 0.25) is 0 Å². The third-order valence-electron chi connectivity index (χ3n) is 2.51. The minimum absolute atomic E-state index is 0.0435. The first-order valence-corrected chi connectivity index (χ1v) is 4.41. The molecule has 1 atom stereocenters. The molecule has 14 heavy (non-hydrogen) atoms. The molecule has 2 nitrogen and oxygen atoms in total. The zero-order valence-corrected chi connectivity index (χ0v) is 7.52. The molecule has 0 heterocycles. The molecular formula is C9H10F3NO. The number of nitrogens with zero attached hydrogens (tertiary/aromatic N) is 1. The summed E-state index contributed by atoms with van der Waals surface area (Å²) >= 11 is 0. The first-order chi connectivity index (χ1) is 6.40. The quantitative estimate of drug-likeness (QED) is 0.660. The fourth-order valence-corrected chi connectivity index (χ4v) is 1.78. The van der Waals surface area contributed by atoms with Crippen LogP contribution in [0.3, 0.4) is 0 Å². The maximum Gasteiger partial charge on any atom is 0.391 e. The number of carbonyl (C=O) groups is 1. The smallest absolute Gasteiger partial charge is 0.298 e. The molecule has 0 N–H and O–H groups in total. The Hall–Kier alpha value is -1.05. The van der Waals surface area contributed by atoms with E-state index < -0.39 is 23.8 Å². The number of Topliss-reactive ketones (excluding diaryl/α,β-unsaturated/α-hetero) is 1. The van der Waals surface area contributed by atoms with Crippen molar-refractivity contribution < 1.29 is 18.0 Å². The summed E-state index contributed by atoms with van der Waals surface area (Å²) in [5, 5.41) is 8.70. The SMILES string of the molecule is N#CC1(CC(F)(F)F)CCCCC1=O. The van der Waals surface area contributed by atoms with Crippen molar-refractivity contribution in [3.8, 4) is 6.07 Å². The van der Waals surface area contributed by atoms with Crippen molar-refractivity contribution >= 4 is 5.78 Å². The topological polar surface area (TPSA) is 40.9 Å². The number of hydrogen-bond acceptors (Lipinski definition) is 2. The molecular weight excluding hydrogens is 195 g/mol. The number of ketones is 1. The summed E-state index contributed by atoms with van der Waals surface area (Å²) in [7, 11) is 0. The van der Waals surface area contributed by atoms with Crippen molar-refractivity contribution in [2.75, 3.05) is 0 Å². The summed E-state index contributed by atoms with van der Waals surface area (Å²) in [5.74, 6) is -0.552. The highest BCUT2D eigenvalue weighted by molar-refractivity contribution is 5.88. The normalized spacial score (nSPS) is 28.6. The Morgan fingerprint density at radius 1 is 1.43 bits per heavy atom. The van der Waals surface area contributed by atoms with E-state index in [0.717, 1.165) is 0 Å². The van der Waals surface area contributed by atoms with Crippen molar-refractivity contribution in [2.24, 2.45) is 5.41 Å². The average Bonchev–Trinajstić information content (AvgIpc) is 2.07. The molecule has 1 rings (SSSR count). The summed E-state index contributed by atoms with van der Waals surface area (Å²) in [5.41, 5.74) is -1.80. The van der Waals surface area contributed by atoms with Gasteiger partial charge in [0.05, 0.1) is 12.5 Å². The number of carbonyl (C=O) groups excluding carboxylic acids is 1. The molecule has 0 aromatic rings. The van der Waals surface area contributed by atoms with Crippen molar-refractivity contribution in [2.45, 2.75) is 38.3 Å². The maximum atomic E-state index is 12.1. The van der Waals surface area contributed by atoms with E-state index in [1.807, 2.05) is 0 Å². The van der Waals surface area contributed by atoms with Crippen LogP contribution in [0, 0.1) is 16.7 Å². The fraction of sp³-hybridized carbons (Fsp3) is 0.778. The zero-order chi connectivity index (χ0) is 10.8. The van der Waals surface area contributed by atoms with E-state index in [1.165, 1.54) is 0 Å². The highest BCUT2D eigenvalue weighted by Crippen LogP contribution is 2.41. The number of halogens is 3. The Morgan fingerprint density at radius 3 is 2.50 bits per heavy atom. The lowest BCUT2D eigenvalue weighted by molar-refractivity contribution is -0.163. The van der Waals surface area contributed by atoms with E-state index in [4.69, 9.17) is 5.26 Å². The van der Waals surface area contributed by atoms with Gasteiger partial charge >= 0.3 is 6.18 Å². The molecule has 0 aromatic carbocycles. The van der Waals surface area contributed by atoms with Crippen LogP contribution in [0.2, 0.25) is 0 Å². The van der Waals surface area contributed by atoms with Gasteiger partial charge in [0.15, 0.2) is 5.78 Å². The van der Waals surface area contributed by atoms with Crippen LogP contribution in [0.25, 0.3) is 0 Å². The molecule has 1 aliphatic rings. The Kier molecular flexibility index (Phi) is 2.84. The molecule has 5 heteroatoms. The average molecular weight is 205 g/mol. The van der Waals surface area contributed by atoms with Gasteiger partial charge in [0.1, 0.15) is 5.41 Å². The van der Waals surface area contributed by atoms with Gasteiger partial charge in [-0.1, -0.05) is 6.42 Å². The number of alkyl halides is 3. The van der Waals surface area contributed by atoms with Crippen LogP contribution >= 0.6 is 0 Å². The molecule has 0 saturated heterocycles. The maximum absolute atomic E-state index is 12.1. The van der Waals surface area contributed by atoms with E-state index in [2.05, 4.69) is 0 Å². The minimum Gasteiger partial charge on any atom is -0.298 e. The van der Waals surface area contributed by atoms with E-state index in [9.17, 15) is 18.0 Å². The Labute approximate surface area is 79.7 Å². The molecule has 0 amide bonds. The van der Waals surface area contributed by atoms with Crippen LogP contribution in [0.5, 0.6) is 0 Å². The van der Waals surface area contributed by atoms with Crippen LogP contribution < -0.4 is 0 Å². The summed E-state index contributed by atoms with van der Waals surface area (Å²) in [4.78, 5) is 11.3. The summed E-state index contributed by atoms with van der Waals surface area (Å²) in [6.07, 6.45) is -4.47. The van der Waals surface area contributed by atoms with Gasteiger partial charge in [-0.15, -0.1) is 0 Å². The predicted molar refractivity (Wildman–Crippen MR) is 42.2 cm³/mol. The Bertz CT molecular complexity index is 279. The minimum atomic E-state index is -4.44. The van der Waals surface area contributed by atoms with Crippen molar-refractivity contribution in [3.05, 3.63) is 0 Å². The van der Waals surface area contributed by atoms with E-state index in [-0.39, 0.29) is 12.8 Å². The monoisotopic (exact) mass is 205 g/mol. The number of rotatable bonds is 1. The molecule has 1 unspecified atom stereocenters. The largest absolute Gasteiger partial charge is 0.391 e. The highest BCUT2D eigenvalue weighted by Gasteiger charge is 2.48. The first kappa shape index (κ1) is 11.0. The van der Waals surface area contributed by atoms with Crippen LogP contribution in [0.4, 0.5) is 13.2 Å². The third-order valence-corrected chi connectivity index (χ3v) is 2.51. The molecule has 0 aliphatic heterocycles. The second-order valence-electron chi connectivity index (χ2n) is 3.62. The molecule has 0 aromatic heterocycles. The van der Waals surface area contributed by atoms with Gasteiger partial charge in [-0.3, -0.25) is 4.79 Å². The molecule has 0 radical (unpaired) electrons. The second-order valence-corrected chi connectivity index (χ2v) is 3.62. The van der Waals surface area contributed by atoms with E-state index in [0.29, 0.717) is 12.8 Å². The number of nitriles is 1. The van der Waals surface area contributed by atoms with Gasteiger partial charge in [0, 0.05) is 6.42 Å². The Morgan fingerprint density at radius 2 is 2.07 bits per heavy atom. The molecule has 1 saturated carbocycles. The molecule has 1 fully saturated rings. The van der Waals surface area contributed by atoms with Crippen LogP contribution in [0.1, 0.15) is 32.1 Å². The van der Waals surface area contributed by atoms with Gasteiger partial charge in [-0.25, -0.2) is 0 Å². The third kappa shape index (κ3) is 2.25. The lowest BCUT2D eigenvalue weighted by Crippen LogP contribution is -2.37. The first-order valence-electron chi connectivity index (χ1n) is 4.41. The predicted octanol–water partition coefficient (Wildman–Crippen LogP) is 2.59. The summed E-state index contributed by atoms with van der Waals surface area (Å²) in [6, 6.07) is 1.55. The van der Waals surface area contributed by atoms with Gasteiger partial charge in [0.25, 0.3) is 0 Å².